The summed E-state index contributed by atoms with van der Waals surface area (Å²) in [4.78, 5) is 12.4. The van der Waals surface area contributed by atoms with E-state index in [0.717, 1.165) is 17.7 Å². The molecule has 0 aliphatic carbocycles. The van der Waals surface area contributed by atoms with Gasteiger partial charge < -0.3 is 10.1 Å². The van der Waals surface area contributed by atoms with Gasteiger partial charge in [-0.2, -0.15) is 0 Å². The van der Waals surface area contributed by atoms with Crippen LogP contribution in [0.5, 0.6) is 5.75 Å². The summed E-state index contributed by atoms with van der Waals surface area (Å²) >= 11 is 6.14. The van der Waals surface area contributed by atoms with Gasteiger partial charge in [-0.05, 0) is 60.9 Å². The summed E-state index contributed by atoms with van der Waals surface area (Å²) < 4.78 is 5.76. The van der Waals surface area contributed by atoms with Crippen LogP contribution in [0.4, 0.5) is 5.69 Å². The van der Waals surface area contributed by atoms with E-state index >= 15 is 0 Å². The van der Waals surface area contributed by atoms with E-state index in [0.29, 0.717) is 22.9 Å². The zero-order valence-electron chi connectivity index (χ0n) is 16.0. The van der Waals surface area contributed by atoms with E-state index in [1.807, 2.05) is 36.4 Å². The molecule has 144 valence electrons. The van der Waals surface area contributed by atoms with Gasteiger partial charge in [0.15, 0.2) is 0 Å². The molecule has 0 spiro atoms. The molecule has 0 bridgehead atoms. The summed E-state index contributed by atoms with van der Waals surface area (Å²) in [6, 6.07) is 22.7. The fourth-order valence-electron chi connectivity index (χ4n) is 2.82. The molecule has 28 heavy (non-hydrogen) atoms. The van der Waals surface area contributed by atoms with Crippen LogP contribution in [-0.4, -0.2) is 5.91 Å². The number of unbranched alkanes of at least 4 members (excludes halogenated alkanes) is 1. The Morgan fingerprint density at radius 2 is 1.68 bits per heavy atom. The second-order valence-corrected chi connectivity index (χ2v) is 7.07. The Balaban J connectivity index is 1.55. The quantitative estimate of drug-likeness (QED) is 0.473. The van der Waals surface area contributed by atoms with Gasteiger partial charge in [-0.25, -0.2) is 0 Å². The number of nitrogens with one attached hydrogen (secondary N) is 1. The SMILES string of the molecule is CCCCc1ccc(NC(=O)c2ccc(OCc3ccccc3Cl)cc2)cc1. The molecule has 0 saturated heterocycles. The molecule has 4 heteroatoms. The van der Waals surface area contributed by atoms with Crippen molar-refractivity contribution in [2.45, 2.75) is 32.8 Å². The molecular weight excluding hydrogens is 370 g/mol. The molecule has 3 nitrogen and oxygen atoms in total. The Hall–Kier alpha value is -2.78. The van der Waals surface area contributed by atoms with Crippen molar-refractivity contribution >= 4 is 23.2 Å². The second-order valence-electron chi connectivity index (χ2n) is 6.66. The van der Waals surface area contributed by atoms with E-state index in [4.69, 9.17) is 16.3 Å². The Labute approximate surface area is 171 Å². The second kappa shape index (κ2) is 9.95. The highest BCUT2D eigenvalue weighted by atomic mass is 35.5. The Bertz CT molecular complexity index is 905. The number of halogens is 1. The number of aryl methyl sites for hydroxylation is 1. The summed E-state index contributed by atoms with van der Waals surface area (Å²) in [7, 11) is 0. The fourth-order valence-corrected chi connectivity index (χ4v) is 3.01. The lowest BCUT2D eigenvalue weighted by Gasteiger charge is -2.09. The minimum Gasteiger partial charge on any atom is -0.489 e. The lowest BCUT2D eigenvalue weighted by atomic mass is 10.1. The number of rotatable bonds is 8. The third-order valence-electron chi connectivity index (χ3n) is 4.50. The molecule has 0 saturated carbocycles. The van der Waals surface area contributed by atoms with Crippen molar-refractivity contribution in [3.05, 3.63) is 94.5 Å². The molecule has 0 unspecified atom stereocenters. The van der Waals surface area contributed by atoms with Crippen LogP contribution in [0, 0.1) is 0 Å². The van der Waals surface area contributed by atoms with Crippen molar-refractivity contribution in [2.24, 2.45) is 0 Å². The van der Waals surface area contributed by atoms with Crippen molar-refractivity contribution in [2.75, 3.05) is 5.32 Å². The third-order valence-corrected chi connectivity index (χ3v) is 4.87. The molecule has 0 fully saturated rings. The average molecular weight is 394 g/mol. The first kappa shape index (κ1) is 20.0. The van der Waals surface area contributed by atoms with Crippen LogP contribution in [0.25, 0.3) is 0 Å². The lowest BCUT2D eigenvalue weighted by Crippen LogP contribution is -2.11. The summed E-state index contributed by atoms with van der Waals surface area (Å²) in [5.41, 5.74) is 3.60. The van der Waals surface area contributed by atoms with Gasteiger partial charge in [0.05, 0.1) is 0 Å². The number of hydrogen-bond acceptors (Lipinski definition) is 2. The van der Waals surface area contributed by atoms with Gasteiger partial charge in [-0.1, -0.05) is 55.3 Å². The smallest absolute Gasteiger partial charge is 0.255 e. The van der Waals surface area contributed by atoms with Gasteiger partial charge in [0.1, 0.15) is 12.4 Å². The van der Waals surface area contributed by atoms with Crippen LogP contribution < -0.4 is 10.1 Å². The highest BCUT2D eigenvalue weighted by Gasteiger charge is 2.07. The number of amides is 1. The summed E-state index contributed by atoms with van der Waals surface area (Å²) in [6.07, 6.45) is 3.42. The van der Waals surface area contributed by atoms with Crippen LogP contribution in [-0.2, 0) is 13.0 Å². The molecule has 1 N–H and O–H groups in total. The molecule has 0 atom stereocenters. The molecule has 0 heterocycles. The van der Waals surface area contributed by atoms with Gasteiger partial charge in [-0.15, -0.1) is 0 Å². The van der Waals surface area contributed by atoms with E-state index in [1.165, 1.54) is 18.4 Å². The zero-order chi connectivity index (χ0) is 19.8. The van der Waals surface area contributed by atoms with E-state index in [1.54, 1.807) is 24.3 Å². The maximum Gasteiger partial charge on any atom is 0.255 e. The van der Waals surface area contributed by atoms with Crippen LogP contribution in [0.3, 0.4) is 0 Å². The van der Waals surface area contributed by atoms with Crippen LogP contribution >= 0.6 is 11.6 Å². The standard InChI is InChI=1S/C24H24ClNO2/c1-2-3-6-18-9-13-21(14-10-18)26-24(27)19-11-15-22(16-12-19)28-17-20-7-4-5-8-23(20)25/h4-5,7-16H,2-3,6,17H2,1H3,(H,26,27). The third kappa shape index (κ3) is 5.61. The monoisotopic (exact) mass is 393 g/mol. The largest absolute Gasteiger partial charge is 0.489 e. The minimum absolute atomic E-state index is 0.140. The highest BCUT2D eigenvalue weighted by Crippen LogP contribution is 2.20. The first-order valence-electron chi connectivity index (χ1n) is 9.52. The molecule has 0 aliphatic heterocycles. The first-order chi connectivity index (χ1) is 13.7. The van der Waals surface area contributed by atoms with Crippen molar-refractivity contribution < 1.29 is 9.53 Å². The molecule has 0 aliphatic rings. The summed E-state index contributed by atoms with van der Waals surface area (Å²) in [6.45, 7) is 2.57. The molecular formula is C24H24ClNO2. The fraction of sp³-hybridized carbons (Fsp3) is 0.208. The number of carbonyl (C=O) groups is 1. The number of ether oxygens (including phenoxy) is 1. The van der Waals surface area contributed by atoms with Crippen molar-refractivity contribution in [1.29, 1.82) is 0 Å². The predicted octanol–water partition coefficient (Wildman–Crippen LogP) is 6.51. The molecule has 0 aromatic heterocycles. The molecule has 0 radical (unpaired) electrons. The van der Waals surface area contributed by atoms with Crippen molar-refractivity contribution in [1.82, 2.24) is 0 Å². The van der Waals surface area contributed by atoms with E-state index < -0.39 is 0 Å². The summed E-state index contributed by atoms with van der Waals surface area (Å²) in [5.74, 6) is 0.552. The maximum absolute atomic E-state index is 12.4. The minimum atomic E-state index is -0.140. The molecule has 3 rings (SSSR count). The highest BCUT2D eigenvalue weighted by molar-refractivity contribution is 6.31. The van der Waals surface area contributed by atoms with Gasteiger partial charge in [0.25, 0.3) is 5.91 Å². The van der Waals surface area contributed by atoms with Crippen LogP contribution in [0.2, 0.25) is 5.02 Å². The van der Waals surface area contributed by atoms with E-state index in [2.05, 4.69) is 24.4 Å². The van der Waals surface area contributed by atoms with Gasteiger partial charge in [0.2, 0.25) is 0 Å². The zero-order valence-corrected chi connectivity index (χ0v) is 16.7. The lowest BCUT2D eigenvalue weighted by molar-refractivity contribution is 0.102. The van der Waals surface area contributed by atoms with E-state index in [-0.39, 0.29) is 5.91 Å². The molecule has 1 amide bonds. The molecule has 3 aromatic rings. The van der Waals surface area contributed by atoms with Gasteiger partial charge >= 0.3 is 0 Å². The normalized spacial score (nSPS) is 10.5. The Morgan fingerprint density at radius 1 is 0.964 bits per heavy atom. The number of anilines is 1. The maximum atomic E-state index is 12.4. The van der Waals surface area contributed by atoms with Crippen LogP contribution in [0.1, 0.15) is 41.3 Å². The number of carbonyl (C=O) groups excluding carboxylic acids is 1. The molecule has 3 aromatic carbocycles. The van der Waals surface area contributed by atoms with E-state index in [9.17, 15) is 4.79 Å². The van der Waals surface area contributed by atoms with Gasteiger partial charge in [-0.3, -0.25) is 4.79 Å². The van der Waals surface area contributed by atoms with Gasteiger partial charge in [0, 0.05) is 21.8 Å². The number of hydrogen-bond donors (Lipinski definition) is 1. The van der Waals surface area contributed by atoms with Crippen molar-refractivity contribution in [3.8, 4) is 5.75 Å². The average Bonchev–Trinajstić information content (AvgIpc) is 2.73. The Morgan fingerprint density at radius 3 is 2.36 bits per heavy atom. The Kier molecular flexibility index (Phi) is 7.10. The van der Waals surface area contributed by atoms with Crippen molar-refractivity contribution in [3.63, 3.8) is 0 Å². The number of benzene rings is 3. The van der Waals surface area contributed by atoms with Crippen LogP contribution in [0.15, 0.2) is 72.8 Å². The summed E-state index contributed by atoms with van der Waals surface area (Å²) in [5, 5.41) is 3.61. The first-order valence-corrected chi connectivity index (χ1v) is 9.90. The predicted molar refractivity (Wildman–Crippen MR) is 115 cm³/mol. The topological polar surface area (TPSA) is 38.3 Å².